The summed E-state index contributed by atoms with van der Waals surface area (Å²) in [6, 6.07) is 16.8. The molecule has 28 heavy (non-hydrogen) atoms. The van der Waals surface area contributed by atoms with E-state index >= 15 is 0 Å². The molecule has 1 aliphatic heterocycles. The normalized spacial score (nSPS) is 16.1. The molecule has 3 aromatic rings. The lowest BCUT2D eigenvalue weighted by atomic mass is 10.0. The number of nitrogens with zero attached hydrogens (tertiary/aromatic N) is 5. The van der Waals surface area contributed by atoms with Gasteiger partial charge in [-0.1, -0.05) is 36.4 Å². The van der Waals surface area contributed by atoms with Crippen molar-refractivity contribution in [3.05, 3.63) is 66.1 Å². The van der Waals surface area contributed by atoms with Gasteiger partial charge in [0.15, 0.2) is 17.4 Å². The van der Waals surface area contributed by atoms with Crippen LogP contribution in [0.4, 0.5) is 0 Å². The number of benzene rings is 1. The zero-order valence-corrected chi connectivity index (χ0v) is 18.1. The molecule has 8 heteroatoms. The third kappa shape index (κ3) is 5.20. The highest BCUT2D eigenvalue weighted by Crippen LogP contribution is 2.13. The third-order valence-electron chi connectivity index (χ3n) is 4.96. The van der Waals surface area contributed by atoms with Crippen molar-refractivity contribution in [3.8, 4) is 0 Å². The van der Waals surface area contributed by atoms with Crippen LogP contribution in [0.3, 0.4) is 0 Å². The second-order valence-electron chi connectivity index (χ2n) is 6.93. The Morgan fingerprint density at radius 1 is 1.07 bits per heavy atom. The maximum absolute atomic E-state index is 6.09. The Labute approximate surface area is 182 Å². The van der Waals surface area contributed by atoms with E-state index in [-0.39, 0.29) is 24.0 Å². The number of guanidine groups is 1. The minimum Gasteiger partial charge on any atom is -0.370 e. The van der Waals surface area contributed by atoms with Gasteiger partial charge < -0.3 is 11.1 Å². The first-order valence-electron chi connectivity index (χ1n) is 9.39. The molecule has 7 nitrogen and oxygen atoms in total. The maximum atomic E-state index is 6.09. The SMILES string of the molecule is I.NC(=NCc1nnc2ccccn12)NC1CCN(Cc2ccccc2)CC1. The number of piperidine rings is 1. The van der Waals surface area contributed by atoms with Crippen LogP contribution < -0.4 is 11.1 Å². The molecule has 3 heterocycles. The second-order valence-corrected chi connectivity index (χ2v) is 6.93. The topological polar surface area (TPSA) is 83.8 Å². The van der Waals surface area contributed by atoms with E-state index in [0.29, 0.717) is 18.5 Å². The number of pyridine rings is 1. The van der Waals surface area contributed by atoms with Gasteiger partial charge in [0.25, 0.3) is 0 Å². The van der Waals surface area contributed by atoms with Gasteiger partial charge >= 0.3 is 0 Å². The van der Waals surface area contributed by atoms with E-state index in [1.807, 2.05) is 28.8 Å². The number of aliphatic imine (C=N–C) groups is 1. The number of halogens is 1. The van der Waals surface area contributed by atoms with Crippen LogP contribution in [0.15, 0.2) is 59.7 Å². The number of rotatable bonds is 5. The zero-order valence-electron chi connectivity index (χ0n) is 15.7. The maximum Gasteiger partial charge on any atom is 0.189 e. The van der Waals surface area contributed by atoms with E-state index in [1.165, 1.54) is 5.56 Å². The molecule has 1 aliphatic rings. The lowest BCUT2D eigenvalue weighted by Gasteiger charge is -2.32. The van der Waals surface area contributed by atoms with E-state index < -0.39 is 0 Å². The molecule has 0 bridgehead atoms. The van der Waals surface area contributed by atoms with Crippen molar-refractivity contribution in [2.45, 2.75) is 32.0 Å². The van der Waals surface area contributed by atoms with Crippen LogP contribution in [-0.4, -0.2) is 44.6 Å². The van der Waals surface area contributed by atoms with Crippen LogP contribution in [0.5, 0.6) is 0 Å². The van der Waals surface area contributed by atoms with Gasteiger partial charge in [-0.3, -0.25) is 9.30 Å². The molecular weight excluding hydrogens is 465 g/mol. The summed E-state index contributed by atoms with van der Waals surface area (Å²) in [4.78, 5) is 6.93. The van der Waals surface area contributed by atoms with Gasteiger partial charge in [0, 0.05) is 31.9 Å². The van der Waals surface area contributed by atoms with E-state index in [9.17, 15) is 0 Å². The van der Waals surface area contributed by atoms with Crippen LogP contribution in [0.25, 0.3) is 5.65 Å². The van der Waals surface area contributed by atoms with E-state index in [0.717, 1.165) is 43.9 Å². The molecule has 0 saturated carbocycles. The van der Waals surface area contributed by atoms with Gasteiger partial charge in [-0.2, -0.15) is 0 Å². The van der Waals surface area contributed by atoms with E-state index in [1.54, 1.807) is 0 Å². The van der Waals surface area contributed by atoms with Gasteiger partial charge in [-0.05, 0) is 30.5 Å². The summed E-state index contributed by atoms with van der Waals surface area (Å²) in [5.41, 5.74) is 8.28. The van der Waals surface area contributed by atoms with Crippen molar-refractivity contribution >= 4 is 35.6 Å². The highest BCUT2D eigenvalue weighted by Gasteiger charge is 2.19. The van der Waals surface area contributed by atoms with Crippen molar-refractivity contribution in [3.63, 3.8) is 0 Å². The lowest BCUT2D eigenvalue weighted by molar-refractivity contribution is 0.199. The first kappa shape index (κ1) is 20.5. The number of hydrogen-bond donors (Lipinski definition) is 2. The van der Waals surface area contributed by atoms with Crippen molar-refractivity contribution in [2.24, 2.45) is 10.7 Å². The van der Waals surface area contributed by atoms with Crippen molar-refractivity contribution < 1.29 is 0 Å². The molecule has 2 aromatic heterocycles. The molecule has 3 N–H and O–H groups in total. The van der Waals surface area contributed by atoms with Crippen molar-refractivity contribution in [1.29, 1.82) is 0 Å². The Hall–Kier alpha value is -2.20. The Kier molecular flexibility index (Phi) is 7.21. The first-order valence-corrected chi connectivity index (χ1v) is 9.39. The summed E-state index contributed by atoms with van der Waals surface area (Å²) in [5.74, 6) is 1.26. The first-order chi connectivity index (χ1) is 13.3. The quantitative estimate of drug-likeness (QED) is 0.326. The summed E-state index contributed by atoms with van der Waals surface area (Å²) >= 11 is 0. The van der Waals surface area contributed by atoms with E-state index in [2.05, 4.69) is 55.7 Å². The largest absolute Gasteiger partial charge is 0.370 e. The molecule has 4 rings (SSSR count). The molecule has 0 aliphatic carbocycles. The average Bonchev–Trinajstić information content (AvgIpc) is 3.12. The van der Waals surface area contributed by atoms with Gasteiger partial charge in [0.2, 0.25) is 0 Å². The highest BCUT2D eigenvalue weighted by atomic mass is 127. The standard InChI is InChI=1S/C20H25N7.HI/c21-20(22-14-19-25-24-18-8-4-5-11-27(18)19)23-17-9-12-26(13-10-17)15-16-6-2-1-3-7-16;/h1-8,11,17H,9-10,12-15H2,(H3,21,22,23);1H. The molecule has 0 radical (unpaired) electrons. The summed E-state index contributed by atoms with van der Waals surface area (Å²) in [5, 5.41) is 11.7. The number of hydrogen-bond acceptors (Lipinski definition) is 4. The molecule has 0 unspecified atom stereocenters. The number of fused-ring (bicyclic) bond motifs is 1. The van der Waals surface area contributed by atoms with Crippen LogP contribution in [-0.2, 0) is 13.1 Å². The summed E-state index contributed by atoms with van der Waals surface area (Å²) in [6.45, 7) is 3.55. The molecule has 1 aromatic carbocycles. The summed E-state index contributed by atoms with van der Waals surface area (Å²) in [6.07, 6.45) is 4.07. The third-order valence-corrected chi connectivity index (χ3v) is 4.96. The lowest BCUT2D eigenvalue weighted by Crippen LogP contribution is -2.46. The van der Waals surface area contributed by atoms with Gasteiger partial charge in [0.1, 0.15) is 6.54 Å². The molecule has 148 valence electrons. The fourth-order valence-electron chi connectivity index (χ4n) is 3.49. The monoisotopic (exact) mass is 491 g/mol. The van der Waals surface area contributed by atoms with Gasteiger partial charge in [-0.15, -0.1) is 34.2 Å². The zero-order chi connectivity index (χ0) is 18.5. The van der Waals surface area contributed by atoms with Crippen LogP contribution in [0.2, 0.25) is 0 Å². The molecule has 0 atom stereocenters. The minimum absolute atomic E-state index is 0. The van der Waals surface area contributed by atoms with E-state index in [4.69, 9.17) is 5.73 Å². The molecule has 0 amide bonds. The fraction of sp³-hybridized carbons (Fsp3) is 0.350. The molecule has 1 fully saturated rings. The molecule has 0 spiro atoms. The number of aromatic nitrogens is 3. The Morgan fingerprint density at radius 2 is 1.82 bits per heavy atom. The minimum atomic E-state index is 0. The fourth-order valence-corrected chi connectivity index (χ4v) is 3.49. The van der Waals surface area contributed by atoms with Crippen molar-refractivity contribution in [2.75, 3.05) is 13.1 Å². The number of nitrogens with two attached hydrogens (primary N) is 1. The second kappa shape index (κ2) is 9.83. The number of likely N-dealkylation sites (tertiary alicyclic amines) is 1. The Morgan fingerprint density at radius 3 is 2.61 bits per heavy atom. The Bertz CT molecular complexity index is 901. The highest BCUT2D eigenvalue weighted by molar-refractivity contribution is 14.0. The van der Waals surface area contributed by atoms with Crippen LogP contribution >= 0.6 is 24.0 Å². The van der Waals surface area contributed by atoms with Gasteiger partial charge in [0.05, 0.1) is 0 Å². The predicted octanol–water partition coefficient (Wildman–Crippen LogP) is 2.42. The summed E-state index contributed by atoms with van der Waals surface area (Å²) in [7, 11) is 0. The van der Waals surface area contributed by atoms with Crippen LogP contribution in [0, 0.1) is 0 Å². The molecular formula is C20H26IN7. The number of nitrogens with one attached hydrogen (secondary N) is 1. The van der Waals surface area contributed by atoms with Crippen LogP contribution in [0.1, 0.15) is 24.2 Å². The van der Waals surface area contributed by atoms with Gasteiger partial charge in [-0.25, -0.2) is 4.99 Å². The smallest absolute Gasteiger partial charge is 0.189 e. The molecule has 1 saturated heterocycles. The predicted molar refractivity (Wildman–Crippen MR) is 122 cm³/mol. The average molecular weight is 491 g/mol. The van der Waals surface area contributed by atoms with Crippen molar-refractivity contribution in [1.82, 2.24) is 24.8 Å². The Balaban J connectivity index is 0.00000225. The summed E-state index contributed by atoms with van der Waals surface area (Å²) < 4.78 is 1.93.